The van der Waals surface area contributed by atoms with Crippen molar-refractivity contribution in [2.24, 2.45) is 0 Å². The van der Waals surface area contributed by atoms with Crippen molar-refractivity contribution in [1.82, 2.24) is 15.0 Å². The Balaban J connectivity index is 2.28. The average Bonchev–Trinajstić information content (AvgIpc) is 2.76. The first kappa shape index (κ1) is 15.2. The molecule has 1 aliphatic heterocycles. The van der Waals surface area contributed by atoms with Crippen LogP contribution in [0.15, 0.2) is 21.6 Å². The number of nitrogens with one attached hydrogen (secondary N) is 3. The molecule has 1 amide bonds. The average molecular weight is 363 g/mol. The first-order chi connectivity index (χ1) is 9.42. The van der Waals surface area contributed by atoms with E-state index in [9.17, 15) is 13.2 Å². The molecule has 110 valence electrons. The van der Waals surface area contributed by atoms with Crippen molar-refractivity contribution in [1.29, 1.82) is 0 Å². The van der Waals surface area contributed by atoms with Gasteiger partial charge in [0.05, 0.1) is 0 Å². The second-order valence-electron chi connectivity index (χ2n) is 4.36. The maximum atomic E-state index is 12.4. The van der Waals surface area contributed by atoms with E-state index >= 15 is 0 Å². The largest absolute Gasteiger partial charge is 0.369 e. The van der Waals surface area contributed by atoms with Crippen molar-refractivity contribution in [2.45, 2.75) is 24.3 Å². The monoisotopic (exact) mass is 362 g/mol. The van der Waals surface area contributed by atoms with Gasteiger partial charge in [-0.3, -0.25) is 4.79 Å². The third-order valence-electron chi connectivity index (χ3n) is 2.75. The summed E-state index contributed by atoms with van der Waals surface area (Å²) in [6.07, 6.45) is 1.68. The van der Waals surface area contributed by atoms with Crippen molar-refractivity contribution in [3.8, 4) is 0 Å². The molecule has 1 unspecified atom stereocenters. The molecule has 0 aliphatic carbocycles. The van der Waals surface area contributed by atoms with E-state index in [4.69, 9.17) is 0 Å². The van der Waals surface area contributed by atoms with Crippen LogP contribution in [0.2, 0.25) is 0 Å². The number of anilines is 1. The van der Waals surface area contributed by atoms with Crippen molar-refractivity contribution >= 4 is 37.7 Å². The molecule has 0 aromatic carbocycles. The van der Waals surface area contributed by atoms with Crippen LogP contribution in [0.4, 0.5) is 5.82 Å². The highest BCUT2D eigenvalue weighted by molar-refractivity contribution is 9.10. The summed E-state index contributed by atoms with van der Waals surface area (Å²) in [5.74, 6) is 0.137. The van der Waals surface area contributed by atoms with Crippen LogP contribution in [0, 0.1) is 0 Å². The highest BCUT2D eigenvalue weighted by Crippen LogP contribution is 2.23. The van der Waals surface area contributed by atoms with Crippen molar-refractivity contribution in [3.63, 3.8) is 0 Å². The summed E-state index contributed by atoms with van der Waals surface area (Å²) in [6, 6.07) is 1.05. The molecular weight excluding hydrogens is 348 g/mol. The predicted molar refractivity (Wildman–Crippen MR) is 77.8 cm³/mol. The first-order valence-electron chi connectivity index (χ1n) is 6.11. The number of halogens is 1. The predicted octanol–water partition coefficient (Wildman–Crippen LogP) is 0.443. The number of hydrogen-bond acceptors (Lipinski definition) is 5. The van der Waals surface area contributed by atoms with Crippen LogP contribution in [-0.4, -0.2) is 38.4 Å². The molecule has 7 nitrogen and oxygen atoms in total. The number of nitrogens with zero attached hydrogens (tertiary/aromatic N) is 1. The molecule has 1 fully saturated rings. The molecule has 1 atom stereocenters. The summed E-state index contributed by atoms with van der Waals surface area (Å²) >= 11 is 3.21. The molecule has 9 heteroatoms. The number of sulfonamides is 1. The van der Waals surface area contributed by atoms with Gasteiger partial charge in [-0.1, -0.05) is 0 Å². The maximum absolute atomic E-state index is 12.4. The van der Waals surface area contributed by atoms with Gasteiger partial charge in [0.2, 0.25) is 15.9 Å². The van der Waals surface area contributed by atoms with Crippen molar-refractivity contribution in [3.05, 3.63) is 16.7 Å². The fourth-order valence-corrected chi connectivity index (χ4v) is 3.77. The lowest BCUT2D eigenvalue weighted by molar-refractivity contribution is -0.119. The molecule has 0 spiro atoms. The third kappa shape index (κ3) is 3.47. The lowest BCUT2D eigenvalue weighted by Gasteiger charge is -2.14. The summed E-state index contributed by atoms with van der Waals surface area (Å²) in [6.45, 7) is 2.71. The zero-order chi connectivity index (χ0) is 14.8. The number of rotatable bonds is 5. The summed E-state index contributed by atoms with van der Waals surface area (Å²) in [4.78, 5) is 15.2. The number of amides is 1. The Kier molecular flexibility index (Phi) is 4.61. The lowest BCUT2D eigenvalue weighted by atomic mass is 10.3. The molecule has 1 aromatic rings. The molecule has 0 bridgehead atoms. The minimum Gasteiger partial charge on any atom is -0.369 e. The van der Waals surface area contributed by atoms with Gasteiger partial charge in [0.15, 0.2) is 0 Å². The summed E-state index contributed by atoms with van der Waals surface area (Å²) in [7, 11) is -3.74. The van der Waals surface area contributed by atoms with Gasteiger partial charge in [0.1, 0.15) is 10.7 Å². The molecule has 1 aromatic heterocycles. The Bertz CT molecular complexity index is 620. The van der Waals surface area contributed by atoms with Crippen LogP contribution in [0.5, 0.6) is 0 Å². The quantitative estimate of drug-likeness (QED) is 0.705. The van der Waals surface area contributed by atoms with Crippen LogP contribution in [0.25, 0.3) is 0 Å². The van der Waals surface area contributed by atoms with Gasteiger partial charge in [-0.25, -0.2) is 18.1 Å². The van der Waals surface area contributed by atoms with Gasteiger partial charge in [-0.05, 0) is 28.9 Å². The van der Waals surface area contributed by atoms with Gasteiger partial charge in [-0.15, -0.1) is 0 Å². The molecule has 0 radical (unpaired) electrons. The van der Waals surface area contributed by atoms with E-state index in [0.29, 0.717) is 23.4 Å². The maximum Gasteiger partial charge on any atom is 0.244 e. The minimum absolute atomic E-state index is 0.0630. The topological polar surface area (TPSA) is 100 Å². The van der Waals surface area contributed by atoms with Crippen molar-refractivity contribution in [2.75, 3.05) is 18.4 Å². The van der Waals surface area contributed by atoms with Crippen LogP contribution in [0.3, 0.4) is 0 Å². The Labute approximate surface area is 125 Å². The second-order valence-corrected chi connectivity index (χ2v) is 6.96. The van der Waals surface area contributed by atoms with Gasteiger partial charge in [0, 0.05) is 36.2 Å². The van der Waals surface area contributed by atoms with E-state index in [2.05, 4.69) is 36.3 Å². The van der Waals surface area contributed by atoms with Crippen molar-refractivity contribution < 1.29 is 13.2 Å². The highest BCUT2D eigenvalue weighted by atomic mass is 79.9. The van der Waals surface area contributed by atoms with E-state index in [0.717, 1.165) is 0 Å². The fourth-order valence-electron chi connectivity index (χ4n) is 1.90. The Morgan fingerprint density at radius 1 is 1.55 bits per heavy atom. The summed E-state index contributed by atoms with van der Waals surface area (Å²) in [5.41, 5.74) is 0. The van der Waals surface area contributed by atoms with E-state index in [-0.39, 0.29) is 17.2 Å². The third-order valence-corrected chi connectivity index (χ3v) is 4.72. The summed E-state index contributed by atoms with van der Waals surface area (Å²) in [5, 5.41) is 5.50. The van der Waals surface area contributed by atoms with Crippen LogP contribution in [-0.2, 0) is 14.8 Å². The lowest BCUT2D eigenvalue weighted by Crippen LogP contribution is -2.36. The fraction of sp³-hybridized carbons (Fsp3) is 0.455. The van der Waals surface area contributed by atoms with E-state index in [1.54, 1.807) is 0 Å². The molecular formula is C11H15BrN4O3S. The Hall–Kier alpha value is -1.19. The van der Waals surface area contributed by atoms with Gasteiger partial charge >= 0.3 is 0 Å². The zero-order valence-electron chi connectivity index (χ0n) is 10.8. The first-order valence-corrected chi connectivity index (χ1v) is 8.38. The number of hydrogen-bond donors (Lipinski definition) is 3. The SMILES string of the molecule is CCNc1ncc(Br)cc1S(=O)(=O)NC1CNC(=O)C1. The van der Waals surface area contributed by atoms with E-state index < -0.39 is 16.1 Å². The Morgan fingerprint density at radius 2 is 2.30 bits per heavy atom. The Morgan fingerprint density at radius 3 is 2.90 bits per heavy atom. The summed E-state index contributed by atoms with van der Waals surface area (Å²) < 4.78 is 27.9. The molecule has 3 N–H and O–H groups in total. The molecule has 1 saturated heterocycles. The standard InChI is InChI=1S/C11H15BrN4O3S/c1-2-13-11-9(3-7(12)5-15-11)20(18,19)16-8-4-10(17)14-6-8/h3,5,8,16H,2,4,6H2,1H3,(H,13,15)(H,14,17). The number of carbonyl (C=O) groups is 1. The van der Waals surface area contributed by atoms with Crippen LogP contribution >= 0.6 is 15.9 Å². The highest BCUT2D eigenvalue weighted by Gasteiger charge is 2.28. The van der Waals surface area contributed by atoms with Gasteiger partial charge in [0.25, 0.3) is 0 Å². The molecule has 20 heavy (non-hydrogen) atoms. The van der Waals surface area contributed by atoms with E-state index in [1.165, 1.54) is 12.3 Å². The molecule has 2 rings (SSSR count). The zero-order valence-corrected chi connectivity index (χ0v) is 13.2. The van der Waals surface area contributed by atoms with Gasteiger partial charge < -0.3 is 10.6 Å². The smallest absolute Gasteiger partial charge is 0.244 e. The number of pyridine rings is 1. The van der Waals surface area contributed by atoms with Crippen LogP contribution < -0.4 is 15.4 Å². The second kappa shape index (κ2) is 6.06. The molecule has 0 saturated carbocycles. The normalized spacial score (nSPS) is 18.9. The van der Waals surface area contributed by atoms with E-state index in [1.807, 2.05) is 6.92 Å². The molecule has 1 aliphatic rings. The van der Waals surface area contributed by atoms with Crippen LogP contribution in [0.1, 0.15) is 13.3 Å². The number of carbonyl (C=O) groups excluding carboxylic acids is 1. The molecule has 2 heterocycles. The van der Waals surface area contributed by atoms with Gasteiger partial charge in [-0.2, -0.15) is 0 Å². The minimum atomic E-state index is -3.74. The number of aromatic nitrogens is 1.